The fourth-order valence-corrected chi connectivity index (χ4v) is 4.36. The maximum atomic E-state index is 12.4. The fraction of sp³-hybridized carbons (Fsp3) is 0.600. The molecule has 1 aromatic rings. The summed E-state index contributed by atoms with van der Waals surface area (Å²) >= 11 is 0. The molecule has 1 aliphatic carbocycles. The predicted octanol–water partition coefficient (Wildman–Crippen LogP) is 2.34. The summed E-state index contributed by atoms with van der Waals surface area (Å²) in [6, 6.07) is 4.37. The van der Waals surface area contributed by atoms with Crippen molar-refractivity contribution in [1.29, 1.82) is 0 Å². The Bertz CT molecular complexity index is 835. The van der Waals surface area contributed by atoms with Crippen LogP contribution in [0.2, 0.25) is 0 Å². The minimum absolute atomic E-state index is 0.00418. The number of hydrogen-bond donors (Lipinski definition) is 1. The highest BCUT2D eigenvalue weighted by Crippen LogP contribution is 2.29. The van der Waals surface area contributed by atoms with Gasteiger partial charge in [0.25, 0.3) is 5.91 Å². The predicted molar refractivity (Wildman–Crippen MR) is 106 cm³/mol. The van der Waals surface area contributed by atoms with Gasteiger partial charge in [0.1, 0.15) is 0 Å². The van der Waals surface area contributed by atoms with E-state index in [4.69, 9.17) is 4.74 Å². The molecule has 3 atom stereocenters. The van der Waals surface area contributed by atoms with Gasteiger partial charge in [-0.1, -0.05) is 32.8 Å². The Morgan fingerprint density at radius 1 is 1.21 bits per heavy atom. The number of nitrogens with zero attached hydrogens (tertiary/aromatic N) is 1. The summed E-state index contributed by atoms with van der Waals surface area (Å²) < 4.78 is 30.8. The SMILES string of the molecule is Cc1ccc(S(=O)(=O)N(C)C)cc1C(=O)OCC(=O)N[C@H]1CCC[C@@H](C)[C@@H]1C. The Kier molecular flexibility index (Phi) is 7.22. The first-order chi connectivity index (χ1) is 13.0. The molecule has 1 aromatic carbocycles. The van der Waals surface area contributed by atoms with Crippen LogP contribution in [0.25, 0.3) is 0 Å². The maximum Gasteiger partial charge on any atom is 0.338 e. The lowest BCUT2D eigenvalue weighted by molar-refractivity contribution is -0.125. The average molecular weight is 411 g/mol. The van der Waals surface area contributed by atoms with Gasteiger partial charge in [0.05, 0.1) is 10.5 Å². The molecule has 0 aliphatic heterocycles. The van der Waals surface area contributed by atoms with Gasteiger partial charge >= 0.3 is 5.97 Å². The molecule has 28 heavy (non-hydrogen) atoms. The standard InChI is InChI=1S/C20H30N2O5S/c1-13-7-6-8-18(15(13)3)21-19(23)12-27-20(24)17-11-16(10-9-14(17)2)28(25,26)22(4)5/h9-11,13,15,18H,6-8,12H2,1-5H3,(H,21,23)/t13-,15+,18+/m1/s1. The van der Waals surface area contributed by atoms with E-state index in [-0.39, 0.29) is 29.0 Å². The van der Waals surface area contributed by atoms with Gasteiger partial charge in [-0.25, -0.2) is 17.5 Å². The summed E-state index contributed by atoms with van der Waals surface area (Å²) in [6.45, 7) is 5.61. The summed E-state index contributed by atoms with van der Waals surface area (Å²) in [4.78, 5) is 24.6. The molecule has 1 amide bonds. The number of benzene rings is 1. The number of nitrogens with one attached hydrogen (secondary N) is 1. The number of rotatable bonds is 6. The van der Waals surface area contributed by atoms with Crippen molar-refractivity contribution in [1.82, 2.24) is 9.62 Å². The summed E-state index contributed by atoms with van der Waals surface area (Å²) in [7, 11) is -0.823. The van der Waals surface area contributed by atoms with E-state index in [1.54, 1.807) is 13.0 Å². The molecule has 2 rings (SSSR count). The van der Waals surface area contributed by atoms with E-state index < -0.39 is 16.0 Å². The van der Waals surface area contributed by atoms with E-state index in [9.17, 15) is 18.0 Å². The lowest BCUT2D eigenvalue weighted by Gasteiger charge is -2.34. The molecule has 0 unspecified atom stereocenters. The lowest BCUT2D eigenvalue weighted by Crippen LogP contribution is -2.45. The van der Waals surface area contributed by atoms with Gasteiger partial charge in [-0.2, -0.15) is 0 Å². The van der Waals surface area contributed by atoms with E-state index in [0.29, 0.717) is 17.4 Å². The minimum Gasteiger partial charge on any atom is -0.452 e. The van der Waals surface area contributed by atoms with E-state index >= 15 is 0 Å². The number of hydrogen-bond acceptors (Lipinski definition) is 5. The molecule has 7 nitrogen and oxygen atoms in total. The second-order valence-corrected chi connectivity index (χ2v) is 9.93. The largest absolute Gasteiger partial charge is 0.452 e. The van der Waals surface area contributed by atoms with Crippen molar-refractivity contribution < 1.29 is 22.7 Å². The number of amides is 1. The second kappa shape index (κ2) is 9.05. The number of aryl methyl sites for hydroxylation is 1. The van der Waals surface area contributed by atoms with E-state index in [0.717, 1.165) is 23.6 Å². The van der Waals surface area contributed by atoms with Crippen molar-refractivity contribution in [3.63, 3.8) is 0 Å². The first-order valence-corrected chi connectivity index (χ1v) is 11.0. The van der Waals surface area contributed by atoms with E-state index in [2.05, 4.69) is 19.2 Å². The normalized spacial score (nSPS) is 22.7. The molecule has 0 saturated heterocycles. The Morgan fingerprint density at radius 2 is 1.89 bits per heavy atom. The Labute approximate surface area is 167 Å². The smallest absolute Gasteiger partial charge is 0.338 e. The monoisotopic (exact) mass is 410 g/mol. The zero-order valence-corrected chi connectivity index (χ0v) is 18.0. The van der Waals surface area contributed by atoms with Gasteiger partial charge in [0, 0.05) is 20.1 Å². The third kappa shape index (κ3) is 5.11. The van der Waals surface area contributed by atoms with Crippen LogP contribution in [0.5, 0.6) is 0 Å². The zero-order chi connectivity index (χ0) is 21.1. The lowest BCUT2D eigenvalue weighted by atomic mass is 9.78. The molecule has 0 heterocycles. The molecule has 0 radical (unpaired) electrons. The van der Waals surface area contributed by atoms with Crippen molar-refractivity contribution in [2.45, 2.75) is 51.0 Å². The molecule has 0 spiro atoms. The van der Waals surface area contributed by atoms with Crippen LogP contribution < -0.4 is 5.32 Å². The Hall–Kier alpha value is -1.93. The quantitative estimate of drug-likeness (QED) is 0.727. The van der Waals surface area contributed by atoms with Crippen molar-refractivity contribution in [2.75, 3.05) is 20.7 Å². The fourth-order valence-electron chi connectivity index (χ4n) is 3.44. The number of carbonyl (C=O) groups excluding carboxylic acids is 2. The van der Waals surface area contributed by atoms with E-state index in [1.165, 1.54) is 26.2 Å². The van der Waals surface area contributed by atoms with Gasteiger partial charge in [-0.05, 0) is 42.9 Å². The van der Waals surface area contributed by atoms with Gasteiger partial charge < -0.3 is 10.1 Å². The average Bonchev–Trinajstić information content (AvgIpc) is 2.63. The third-order valence-electron chi connectivity index (χ3n) is 5.60. The number of sulfonamides is 1. The van der Waals surface area contributed by atoms with Gasteiger partial charge in [-0.15, -0.1) is 0 Å². The van der Waals surface area contributed by atoms with Crippen LogP contribution in [-0.4, -0.2) is 51.3 Å². The Morgan fingerprint density at radius 3 is 2.54 bits per heavy atom. The second-order valence-electron chi connectivity index (χ2n) is 7.78. The van der Waals surface area contributed by atoms with Crippen LogP contribution >= 0.6 is 0 Å². The Balaban J connectivity index is 2.02. The highest BCUT2D eigenvalue weighted by molar-refractivity contribution is 7.89. The first-order valence-electron chi connectivity index (χ1n) is 9.53. The van der Waals surface area contributed by atoms with Crippen LogP contribution in [-0.2, 0) is 19.6 Å². The van der Waals surface area contributed by atoms with E-state index in [1.807, 2.05) is 0 Å². The van der Waals surface area contributed by atoms with Crippen molar-refractivity contribution in [2.24, 2.45) is 11.8 Å². The zero-order valence-electron chi connectivity index (χ0n) is 17.2. The van der Waals surface area contributed by atoms with Crippen LogP contribution in [0, 0.1) is 18.8 Å². The van der Waals surface area contributed by atoms with Crippen molar-refractivity contribution in [3.8, 4) is 0 Å². The molecule has 1 saturated carbocycles. The topological polar surface area (TPSA) is 92.8 Å². The molecule has 8 heteroatoms. The highest BCUT2D eigenvalue weighted by atomic mass is 32.2. The van der Waals surface area contributed by atoms with Gasteiger partial charge in [-0.3, -0.25) is 4.79 Å². The van der Waals surface area contributed by atoms with Crippen LogP contribution in [0.4, 0.5) is 0 Å². The number of ether oxygens (including phenoxy) is 1. The van der Waals surface area contributed by atoms with Crippen molar-refractivity contribution >= 4 is 21.9 Å². The molecule has 0 bridgehead atoms. The first kappa shape index (κ1) is 22.4. The summed E-state index contributed by atoms with van der Waals surface area (Å²) in [5.41, 5.74) is 0.716. The molecule has 1 N–H and O–H groups in total. The van der Waals surface area contributed by atoms with Crippen LogP contribution in [0.1, 0.15) is 49.0 Å². The summed E-state index contributed by atoms with van der Waals surface area (Å²) in [6.07, 6.45) is 3.16. The highest BCUT2D eigenvalue weighted by Gasteiger charge is 2.28. The van der Waals surface area contributed by atoms with Crippen LogP contribution in [0.3, 0.4) is 0 Å². The van der Waals surface area contributed by atoms with Crippen LogP contribution in [0.15, 0.2) is 23.1 Å². The summed E-state index contributed by atoms with van der Waals surface area (Å²) in [5.74, 6) is -0.128. The third-order valence-corrected chi connectivity index (χ3v) is 7.41. The van der Waals surface area contributed by atoms with Gasteiger partial charge in [0.2, 0.25) is 10.0 Å². The van der Waals surface area contributed by atoms with Gasteiger partial charge in [0.15, 0.2) is 6.61 Å². The summed E-state index contributed by atoms with van der Waals surface area (Å²) in [5, 5.41) is 2.95. The molecule has 156 valence electrons. The number of carbonyl (C=O) groups is 2. The molecule has 1 fully saturated rings. The van der Waals surface area contributed by atoms with Crippen molar-refractivity contribution in [3.05, 3.63) is 29.3 Å². The molecule has 0 aromatic heterocycles. The maximum absolute atomic E-state index is 12.4. The molecular weight excluding hydrogens is 380 g/mol. The number of esters is 1. The molecule has 1 aliphatic rings. The minimum atomic E-state index is -3.67. The molecular formula is C20H30N2O5S.